The zero-order chi connectivity index (χ0) is 25.3. The molecule has 0 spiro atoms. The van der Waals surface area contributed by atoms with Crippen molar-refractivity contribution in [2.75, 3.05) is 13.9 Å². The van der Waals surface area contributed by atoms with Gasteiger partial charge in [0.15, 0.2) is 11.5 Å². The van der Waals surface area contributed by atoms with E-state index in [2.05, 4.69) is 12.1 Å². The van der Waals surface area contributed by atoms with Crippen molar-refractivity contribution in [2.24, 2.45) is 17.8 Å². The first-order valence-corrected chi connectivity index (χ1v) is 14.1. The van der Waals surface area contributed by atoms with Crippen LogP contribution in [0.2, 0.25) is 5.02 Å². The zero-order valence-electron chi connectivity index (χ0n) is 20.6. The van der Waals surface area contributed by atoms with E-state index >= 15 is 0 Å². The van der Waals surface area contributed by atoms with Gasteiger partial charge in [0.05, 0.1) is 18.6 Å². The molecule has 2 aliphatic heterocycles. The number of halogens is 1. The van der Waals surface area contributed by atoms with E-state index in [0.29, 0.717) is 32.7 Å². The molecule has 5 fully saturated rings. The van der Waals surface area contributed by atoms with Crippen molar-refractivity contribution in [3.63, 3.8) is 0 Å². The molecule has 2 heterocycles. The van der Waals surface area contributed by atoms with E-state index < -0.39 is 0 Å². The predicted octanol–water partition coefficient (Wildman–Crippen LogP) is 6.78. The highest BCUT2D eigenvalue weighted by atomic mass is 35.5. The van der Waals surface area contributed by atoms with Gasteiger partial charge in [-0.2, -0.15) is 0 Å². The van der Waals surface area contributed by atoms with Crippen LogP contribution >= 0.6 is 23.4 Å². The van der Waals surface area contributed by atoms with Crippen molar-refractivity contribution in [2.45, 2.75) is 50.5 Å². The summed E-state index contributed by atoms with van der Waals surface area (Å²) in [5.74, 6) is 4.04. The topological polar surface area (TPSA) is 65.1 Å². The molecule has 8 heteroatoms. The smallest absolute Gasteiger partial charge is 0.293 e. The molecule has 192 valence electrons. The average molecular weight is 538 g/mol. The van der Waals surface area contributed by atoms with Crippen molar-refractivity contribution >= 4 is 40.6 Å². The molecule has 0 aromatic heterocycles. The highest BCUT2D eigenvalue weighted by molar-refractivity contribution is 8.18. The van der Waals surface area contributed by atoms with Crippen LogP contribution in [0.1, 0.15) is 55.2 Å². The maximum Gasteiger partial charge on any atom is 0.293 e. The Morgan fingerprint density at radius 1 is 1.05 bits per heavy atom. The second kappa shape index (κ2) is 8.70. The highest BCUT2D eigenvalue weighted by Crippen LogP contribution is 2.61. The molecule has 2 amide bonds. The summed E-state index contributed by atoms with van der Waals surface area (Å²) in [5, 5.41) is 0.110. The molecule has 37 heavy (non-hydrogen) atoms. The lowest BCUT2D eigenvalue weighted by Gasteiger charge is -2.57. The van der Waals surface area contributed by atoms with Crippen molar-refractivity contribution < 1.29 is 23.8 Å². The van der Waals surface area contributed by atoms with E-state index in [1.54, 1.807) is 19.2 Å². The number of carbonyl (C=O) groups excluding carboxylic acids is 2. The molecule has 6 aliphatic rings. The number of hydrogen-bond donors (Lipinski definition) is 0. The minimum Gasteiger partial charge on any atom is -0.496 e. The van der Waals surface area contributed by atoms with Gasteiger partial charge in [-0.25, -0.2) is 0 Å². The molecular formula is C29H28ClNO5S. The first-order valence-electron chi connectivity index (χ1n) is 12.9. The quantitative estimate of drug-likeness (QED) is 0.392. The fourth-order valence-corrected chi connectivity index (χ4v) is 8.71. The van der Waals surface area contributed by atoms with Crippen molar-refractivity contribution in [3.8, 4) is 17.2 Å². The van der Waals surface area contributed by atoms with E-state index in [1.807, 2.05) is 12.1 Å². The van der Waals surface area contributed by atoms with Crippen LogP contribution in [-0.2, 0) is 16.8 Å². The summed E-state index contributed by atoms with van der Waals surface area (Å²) in [6, 6.07) is 9.84. The highest BCUT2D eigenvalue weighted by Gasteiger charge is 2.51. The second-order valence-electron chi connectivity index (χ2n) is 11.2. The molecule has 0 atom stereocenters. The summed E-state index contributed by atoms with van der Waals surface area (Å²) in [6.45, 7) is 0.200. The minimum absolute atomic E-state index is 0.0714. The van der Waals surface area contributed by atoms with Gasteiger partial charge < -0.3 is 14.2 Å². The Balaban J connectivity index is 1.18. The maximum absolute atomic E-state index is 13.4. The van der Waals surface area contributed by atoms with E-state index in [1.165, 1.54) is 49.0 Å². The summed E-state index contributed by atoms with van der Waals surface area (Å²) in [4.78, 5) is 27.9. The number of methoxy groups -OCH3 is 1. The lowest BCUT2D eigenvalue weighted by molar-refractivity contribution is -0.123. The third kappa shape index (κ3) is 3.93. The third-order valence-corrected chi connectivity index (χ3v) is 10.2. The van der Waals surface area contributed by atoms with Gasteiger partial charge in [0.2, 0.25) is 6.79 Å². The lowest BCUT2D eigenvalue weighted by Crippen LogP contribution is -2.48. The van der Waals surface area contributed by atoms with Crippen LogP contribution in [0.3, 0.4) is 0 Å². The first-order chi connectivity index (χ1) is 17.9. The number of ether oxygens (including phenoxy) is 3. The number of benzene rings is 2. The summed E-state index contributed by atoms with van der Waals surface area (Å²) in [6.07, 6.45) is 9.77. The summed E-state index contributed by atoms with van der Waals surface area (Å²) in [7, 11) is 1.64. The first kappa shape index (κ1) is 23.5. The predicted molar refractivity (Wildman–Crippen MR) is 142 cm³/mol. The number of hydrogen-bond acceptors (Lipinski definition) is 6. The molecule has 4 aliphatic carbocycles. The number of nitrogens with zero attached hydrogens (tertiary/aromatic N) is 1. The average Bonchev–Trinajstić information content (AvgIpc) is 3.42. The molecule has 2 aromatic rings. The van der Waals surface area contributed by atoms with Crippen LogP contribution in [0, 0.1) is 17.8 Å². The molecule has 4 bridgehead atoms. The van der Waals surface area contributed by atoms with Gasteiger partial charge in [-0.1, -0.05) is 17.7 Å². The van der Waals surface area contributed by atoms with Gasteiger partial charge >= 0.3 is 0 Å². The van der Waals surface area contributed by atoms with Crippen molar-refractivity contribution in [1.82, 2.24) is 4.90 Å². The van der Waals surface area contributed by atoms with Crippen LogP contribution in [0.5, 0.6) is 17.2 Å². The van der Waals surface area contributed by atoms with Crippen LogP contribution < -0.4 is 14.2 Å². The SMILES string of the molecule is COc1ccc(C23CC4CC(CC(C4)C2)C3)cc1/C=C1/SC(=O)N(Cc2cc3c(cc2Cl)OCO3)C1=O. The van der Waals surface area contributed by atoms with E-state index in [-0.39, 0.29) is 29.9 Å². The fourth-order valence-electron chi connectivity index (χ4n) is 7.67. The molecule has 0 N–H and O–H groups in total. The normalized spacial score (nSPS) is 30.6. The number of rotatable bonds is 5. The third-order valence-electron chi connectivity index (χ3n) is 8.91. The zero-order valence-corrected chi connectivity index (χ0v) is 22.2. The van der Waals surface area contributed by atoms with Gasteiger partial charge in [0.25, 0.3) is 11.1 Å². The van der Waals surface area contributed by atoms with Crippen LogP contribution in [0.15, 0.2) is 35.2 Å². The number of amides is 2. The van der Waals surface area contributed by atoms with Gasteiger partial charge in [-0.15, -0.1) is 0 Å². The largest absolute Gasteiger partial charge is 0.496 e. The van der Waals surface area contributed by atoms with Crippen molar-refractivity contribution in [3.05, 3.63) is 56.9 Å². The van der Waals surface area contributed by atoms with Crippen LogP contribution in [0.25, 0.3) is 6.08 Å². The molecule has 0 radical (unpaired) electrons. The molecule has 1 saturated heterocycles. The minimum atomic E-state index is -0.328. The Hall–Kier alpha value is -2.64. The lowest BCUT2D eigenvalue weighted by atomic mass is 9.48. The Morgan fingerprint density at radius 2 is 1.73 bits per heavy atom. The summed E-state index contributed by atoms with van der Waals surface area (Å²) >= 11 is 7.37. The summed E-state index contributed by atoms with van der Waals surface area (Å²) in [5.41, 5.74) is 3.07. The van der Waals surface area contributed by atoms with Gasteiger partial charge in [-0.05, 0) is 109 Å². The second-order valence-corrected chi connectivity index (χ2v) is 12.6. The van der Waals surface area contributed by atoms with Gasteiger partial charge in [-0.3, -0.25) is 14.5 Å². The molecule has 4 saturated carbocycles. The Morgan fingerprint density at radius 3 is 2.41 bits per heavy atom. The fraction of sp³-hybridized carbons (Fsp3) is 0.448. The molecule has 2 aromatic carbocycles. The van der Waals surface area contributed by atoms with Gasteiger partial charge in [0, 0.05) is 16.7 Å². The van der Waals surface area contributed by atoms with E-state index in [9.17, 15) is 9.59 Å². The molecule has 6 nitrogen and oxygen atoms in total. The number of imide groups is 1. The summed E-state index contributed by atoms with van der Waals surface area (Å²) < 4.78 is 16.5. The Bertz CT molecular complexity index is 1320. The van der Waals surface area contributed by atoms with E-state index in [4.69, 9.17) is 25.8 Å². The van der Waals surface area contributed by atoms with E-state index in [0.717, 1.165) is 35.1 Å². The van der Waals surface area contributed by atoms with Crippen LogP contribution in [-0.4, -0.2) is 29.9 Å². The van der Waals surface area contributed by atoms with Gasteiger partial charge in [0.1, 0.15) is 5.75 Å². The number of thioether (sulfide) groups is 1. The number of carbonyl (C=O) groups is 2. The number of fused-ring (bicyclic) bond motifs is 1. The standard InChI is InChI=1S/C29H28ClNO5S/c1-34-23-3-2-21(29-11-16-4-17(12-29)6-18(5-16)13-29)7-19(23)9-26-27(32)31(28(33)37-26)14-20-8-24-25(10-22(20)30)36-15-35-24/h2-3,7-10,16-18H,4-6,11-15H2,1H3/b26-9+. The molecule has 8 rings (SSSR count). The maximum atomic E-state index is 13.4. The monoisotopic (exact) mass is 537 g/mol. The Kier molecular flexibility index (Phi) is 5.52. The van der Waals surface area contributed by atoms with Crippen molar-refractivity contribution in [1.29, 1.82) is 0 Å². The molecular weight excluding hydrogens is 510 g/mol. The molecule has 0 unspecified atom stereocenters. The van der Waals surface area contributed by atoms with Crippen LogP contribution in [0.4, 0.5) is 4.79 Å². The Labute approximate surface area is 225 Å².